The fourth-order valence-corrected chi connectivity index (χ4v) is 6.04. The normalized spacial score (nSPS) is 23.1. The van der Waals surface area contributed by atoms with Crippen LogP contribution in [0.25, 0.3) is 0 Å². The third kappa shape index (κ3) is 4.03. The average Bonchev–Trinajstić information content (AvgIpc) is 3.53. The first-order valence-electron chi connectivity index (χ1n) is 10.8. The largest absolute Gasteiger partial charge is 0.370 e. The van der Waals surface area contributed by atoms with Gasteiger partial charge in [0.25, 0.3) is 5.89 Å². The van der Waals surface area contributed by atoms with Gasteiger partial charge in [0.1, 0.15) is 12.7 Å². The fourth-order valence-electron chi connectivity index (χ4n) is 4.52. The standard InChI is InChI=1S/C21H27N3O5S/c25-30(26,18-7-6-15-3-1-4-16(15)13-18)24-10-8-17(9-11-24)28-14-20-22-21(29-23-20)19-5-2-12-27-19/h6-7,13,17,19H,1-5,8-12,14H2/t19-/m0/s1. The van der Waals surface area contributed by atoms with E-state index < -0.39 is 10.0 Å². The molecule has 162 valence electrons. The Morgan fingerprint density at radius 1 is 1.10 bits per heavy atom. The molecule has 0 bridgehead atoms. The molecule has 0 saturated carbocycles. The summed E-state index contributed by atoms with van der Waals surface area (Å²) in [7, 11) is -3.46. The average molecular weight is 434 g/mol. The Balaban J connectivity index is 1.14. The molecule has 3 heterocycles. The number of rotatable bonds is 6. The molecule has 0 radical (unpaired) electrons. The Bertz CT molecular complexity index is 992. The van der Waals surface area contributed by atoms with Crippen LogP contribution in [0, 0.1) is 0 Å². The van der Waals surface area contributed by atoms with Gasteiger partial charge < -0.3 is 14.0 Å². The summed E-state index contributed by atoms with van der Waals surface area (Å²) in [5.41, 5.74) is 2.46. The van der Waals surface area contributed by atoms with Crippen LogP contribution < -0.4 is 0 Å². The molecule has 2 aromatic rings. The molecule has 8 nitrogen and oxygen atoms in total. The van der Waals surface area contributed by atoms with Gasteiger partial charge in [0.2, 0.25) is 10.0 Å². The van der Waals surface area contributed by atoms with E-state index in [2.05, 4.69) is 10.1 Å². The van der Waals surface area contributed by atoms with Crippen LogP contribution in [0.5, 0.6) is 0 Å². The van der Waals surface area contributed by atoms with E-state index in [0.717, 1.165) is 38.7 Å². The summed E-state index contributed by atoms with van der Waals surface area (Å²) < 4.78 is 44.4. The molecular weight excluding hydrogens is 406 g/mol. The number of hydrogen-bond acceptors (Lipinski definition) is 7. The van der Waals surface area contributed by atoms with Gasteiger partial charge in [-0.3, -0.25) is 0 Å². The van der Waals surface area contributed by atoms with Gasteiger partial charge >= 0.3 is 0 Å². The van der Waals surface area contributed by atoms with Crippen LogP contribution in [-0.4, -0.2) is 48.7 Å². The van der Waals surface area contributed by atoms with Gasteiger partial charge in [-0.25, -0.2) is 8.42 Å². The van der Waals surface area contributed by atoms with E-state index in [0.29, 0.717) is 42.5 Å². The zero-order chi connectivity index (χ0) is 20.6. The van der Waals surface area contributed by atoms with E-state index in [9.17, 15) is 8.42 Å². The summed E-state index contributed by atoms with van der Waals surface area (Å²) in [5, 5.41) is 3.97. The Morgan fingerprint density at radius 3 is 2.73 bits per heavy atom. The highest BCUT2D eigenvalue weighted by atomic mass is 32.2. The van der Waals surface area contributed by atoms with Crippen molar-refractivity contribution in [3.63, 3.8) is 0 Å². The van der Waals surface area contributed by atoms with Crippen molar-refractivity contribution in [1.29, 1.82) is 0 Å². The first-order chi connectivity index (χ1) is 14.6. The highest BCUT2D eigenvalue weighted by molar-refractivity contribution is 7.89. The van der Waals surface area contributed by atoms with E-state index in [4.69, 9.17) is 14.0 Å². The summed E-state index contributed by atoms with van der Waals surface area (Å²) in [6.07, 6.45) is 6.23. The number of piperidine rings is 1. The second kappa shape index (κ2) is 8.37. The molecule has 1 aliphatic carbocycles. The van der Waals surface area contributed by atoms with Crippen LogP contribution >= 0.6 is 0 Å². The van der Waals surface area contributed by atoms with Crippen LogP contribution in [0.3, 0.4) is 0 Å². The highest BCUT2D eigenvalue weighted by Crippen LogP contribution is 2.29. The van der Waals surface area contributed by atoms with Gasteiger partial charge in [0.15, 0.2) is 5.82 Å². The zero-order valence-corrected chi connectivity index (χ0v) is 17.8. The maximum absolute atomic E-state index is 13.0. The monoisotopic (exact) mass is 433 g/mol. The number of benzene rings is 1. The van der Waals surface area contributed by atoms with E-state index >= 15 is 0 Å². The molecule has 3 aliphatic rings. The van der Waals surface area contributed by atoms with Gasteiger partial charge in [-0.1, -0.05) is 11.2 Å². The quantitative estimate of drug-likeness (QED) is 0.691. The van der Waals surface area contributed by atoms with E-state index in [1.165, 1.54) is 11.1 Å². The lowest BCUT2D eigenvalue weighted by Gasteiger charge is -2.31. The zero-order valence-electron chi connectivity index (χ0n) is 17.0. The number of aromatic nitrogens is 2. The van der Waals surface area contributed by atoms with E-state index in [1.807, 2.05) is 12.1 Å². The first kappa shape index (κ1) is 20.1. The Kier molecular flexibility index (Phi) is 5.61. The molecule has 0 spiro atoms. The van der Waals surface area contributed by atoms with Crippen LogP contribution in [0.1, 0.15) is 61.1 Å². The fraction of sp³-hybridized carbons (Fsp3) is 0.619. The van der Waals surface area contributed by atoms with Crippen LogP contribution in [0.4, 0.5) is 0 Å². The molecule has 9 heteroatoms. The molecule has 1 aromatic heterocycles. The Morgan fingerprint density at radius 2 is 1.93 bits per heavy atom. The molecule has 0 amide bonds. The molecule has 30 heavy (non-hydrogen) atoms. The molecule has 2 aliphatic heterocycles. The minimum atomic E-state index is -3.46. The van der Waals surface area contributed by atoms with Gasteiger partial charge in [0.05, 0.1) is 11.0 Å². The van der Waals surface area contributed by atoms with Gasteiger partial charge in [-0.05, 0) is 68.2 Å². The molecule has 0 N–H and O–H groups in total. The second-order valence-electron chi connectivity index (χ2n) is 8.25. The van der Waals surface area contributed by atoms with Crippen molar-refractivity contribution in [3.05, 3.63) is 41.0 Å². The second-order valence-corrected chi connectivity index (χ2v) is 10.2. The molecule has 1 atom stereocenters. The summed E-state index contributed by atoms with van der Waals surface area (Å²) in [4.78, 5) is 4.78. The summed E-state index contributed by atoms with van der Waals surface area (Å²) in [6.45, 7) is 1.90. The Labute approximate surface area is 176 Å². The summed E-state index contributed by atoms with van der Waals surface area (Å²) in [5.74, 6) is 1.02. The molecule has 0 unspecified atom stereocenters. The van der Waals surface area contributed by atoms with Crippen molar-refractivity contribution in [3.8, 4) is 0 Å². The van der Waals surface area contributed by atoms with Crippen molar-refractivity contribution in [1.82, 2.24) is 14.4 Å². The highest BCUT2D eigenvalue weighted by Gasteiger charge is 2.31. The van der Waals surface area contributed by atoms with Gasteiger partial charge in [-0.15, -0.1) is 0 Å². The Hall–Kier alpha value is -1.81. The van der Waals surface area contributed by atoms with Crippen molar-refractivity contribution in [2.45, 2.75) is 68.7 Å². The summed E-state index contributed by atoms with van der Waals surface area (Å²) in [6, 6.07) is 5.59. The lowest BCUT2D eigenvalue weighted by molar-refractivity contribution is 0.00636. The van der Waals surface area contributed by atoms with Gasteiger partial charge in [0, 0.05) is 19.7 Å². The van der Waals surface area contributed by atoms with E-state index in [1.54, 1.807) is 10.4 Å². The van der Waals surface area contributed by atoms with Gasteiger partial charge in [-0.2, -0.15) is 9.29 Å². The SMILES string of the molecule is O=S(=O)(c1ccc2c(c1)CCC2)N1CCC(OCc2noc([C@@H]3CCCO3)n2)CC1. The smallest absolute Gasteiger partial charge is 0.255 e. The number of sulfonamides is 1. The molecular formula is C21H27N3O5S. The lowest BCUT2D eigenvalue weighted by Crippen LogP contribution is -2.40. The van der Waals surface area contributed by atoms with Crippen molar-refractivity contribution < 1.29 is 22.4 Å². The maximum Gasteiger partial charge on any atom is 0.255 e. The van der Waals surface area contributed by atoms with E-state index in [-0.39, 0.29) is 18.8 Å². The third-order valence-electron chi connectivity index (χ3n) is 6.25. The van der Waals surface area contributed by atoms with Crippen LogP contribution in [0.2, 0.25) is 0 Å². The topological polar surface area (TPSA) is 94.8 Å². The predicted octanol–water partition coefficient (Wildman–Crippen LogP) is 2.78. The number of hydrogen-bond donors (Lipinski definition) is 0. The lowest BCUT2D eigenvalue weighted by atomic mass is 10.1. The predicted molar refractivity (Wildman–Crippen MR) is 107 cm³/mol. The van der Waals surface area contributed by atoms with Crippen LogP contribution in [-0.2, 0) is 38.9 Å². The number of fused-ring (bicyclic) bond motifs is 1. The maximum atomic E-state index is 13.0. The van der Waals surface area contributed by atoms with Crippen molar-refractivity contribution >= 4 is 10.0 Å². The number of nitrogens with zero attached hydrogens (tertiary/aromatic N) is 3. The van der Waals surface area contributed by atoms with Crippen molar-refractivity contribution in [2.75, 3.05) is 19.7 Å². The van der Waals surface area contributed by atoms with Crippen molar-refractivity contribution in [2.24, 2.45) is 0 Å². The number of aryl methyl sites for hydroxylation is 2. The molecule has 2 fully saturated rings. The number of ether oxygens (including phenoxy) is 2. The molecule has 5 rings (SSSR count). The minimum absolute atomic E-state index is 0.0128. The third-order valence-corrected chi connectivity index (χ3v) is 8.14. The van der Waals surface area contributed by atoms with Crippen LogP contribution in [0.15, 0.2) is 27.6 Å². The first-order valence-corrected chi connectivity index (χ1v) is 12.2. The minimum Gasteiger partial charge on any atom is -0.370 e. The molecule has 2 saturated heterocycles. The molecule has 1 aromatic carbocycles. The summed E-state index contributed by atoms with van der Waals surface area (Å²) >= 11 is 0.